The topological polar surface area (TPSA) is 28.1 Å². The third kappa shape index (κ3) is 4.12. The van der Waals surface area contributed by atoms with Crippen molar-refractivity contribution in [2.75, 3.05) is 33.3 Å². The van der Waals surface area contributed by atoms with Crippen LogP contribution in [-0.2, 0) is 6.54 Å². The molecule has 0 saturated carbocycles. The standard InChI is InChI=1S/C23H25N3O/c1-27-23-12-5-3-8-20(23)17-24-26-15-13-25(14-16-26)18-21-10-6-9-19-7-2-4-11-22(19)21/h2-12,17H,13-16,18H2,1H3. The Balaban J connectivity index is 1.37. The molecule has 27 heavy (non-hydrogen) atoms. The Bertz CT molecular complexity index is 924. The van der Waals surface area contributed by atoms with Gasteiger partial charge in [-0.25, -0.2) is 0 Å². The average molecular weight is 359 g/mol. The molecule has 0 aliphatic carbocycles. The van der Waals surface area contributed by atoms with Gasteiger partial charge in [-0.15, -0.1) is 0 Å². The highest BCUT2D eigenvalue weighted by Crippen LogP contribution is 2.21. The molecule has 1 heterocycles. The molecular weight excluding hydrogens is 334 g/mol. The fourth-order valence-corrected chi connectivity index (χ4v) is 3.60. The maximum absolute atomic E-state index is 5.39. The third-order valence-corrected chi connectivity index (χ3v) is 5.12. The van der Waals surface area contributed by atoms with E-state index < -0.39 is 0 Å². The Morgan fingerprint density at radius 2 is 1.63 bits per heavy atom. The number of ether oxygens (including phenoxy) is 1. The summed E-state index contributed by atoms with van der Waals surface area (Å²) < 4.78 is 5.39. The molecule has 4 nitrogen and oxygen atoms in total. The second kappa shape index (κ2) is 8.23. The maximum Gasteiger partial charge on any atom is 0.127 e. The van der Waals surface area contributed by atoms with Gasteiger partial charge in [-0.05, 0) is 28.5 Å². The van der Waals surface area contributed by atoms with E-state index in [9.17, 15) is 0 Å². The summed E-state index contributed by atoms with van der Waals surface area (Å²) in [5.41, 5.74) is 2.41. The van der Waals surface area contributed by atoms with Crippen molar-refractivity contribution in [3.63, 3.8) is 0 Å². The van der Waals surface area contributed by atoms with Crippen molar-refractivity contribution in [1.29, 1.82) is 0 Å². The van der Waals surface area contributed by atoms with Crippen molar-refractivity contribution in [1.82, 2.24) is 9.91 Å². The van der Waals surface area contributed by atoms with Crippen LogP contribution in [0.2, 0.25) is 0 Å². The summed E-state index contributed by atoms with van der Waals surface area (Å²) in [5, 5.41) is 9.47. The van der Waals surface area contributed by atoms with E-state index in [4.69, 9.17) is 4.74 Å². The van der Waals surface area contributed by atoms with E-state index >= 15 is 0 Å². The number of hydrogen-bond acceptors (Lipinski definition) is 4. The zero-order valence-corrected chi connectivity index (χ0v) is 15.7. The Hall–Kier alpha value is -2.85. The molecule has 0 N–H and O–H groups in total. The Morgan fingerprint density at radius 1 is 0.889 bits per heavy atom. The molecule has 0 radical (unpaired) electrons. The summed E-state index contributed by atoms with van der Waals surface area (Å²) >= 11 is 0. The van der Waals surface area contributed by atoms with Gasteiger partial charge in [-0.1, -0.05) is 54.6 Å². The van der Waals surface area contributed by atoms with Gasteiger partial charge < -0.3 is 4.74 Å². The molecule has 4 rings (SSSR count). The molecule has 1 aliphatic heterocycles. The first-order chi connectivity index (χ1) is 13.3. The number of para-hydroxylation sites is 1. The highest BCUT2D eigenvalue weighted by atomic mass is 16.5. The van der Waals surface area contributed by atoms with Crippen LogP contribution in [-0.4, -0.2) is 49.4 Å². The lowest BCUT2D eigenvalue weighted by molar-refractivity contribution is 0.131. The molecular formula is C23H25N3O. The fourth-order valence-electron chi connectivity index (χ4n) is 3.60. The van der Waals surface area contributed by atoms with E-state index in [0.29, 0.717) is 0 Å². The minimum Gasteiger partial charge on any atom is -0.496 e. The summed E-state index contributed by atoms with van der Waals surface area (Å²) in [4.78, 5) is 2.51. The Morgan fingerprint density at radius 3 is 2.48 bits per heavy atom. The van der Waals surface area contributed by atoms with Crippen LogP contribution in [0.4, 0.5) is 0 Å². The molecule has 0 bridgehead atoms. The van der Waals surface area contributed by atoms with E-state index in [1.54, 1.807) is 7.11 Å². The minimum atomic E-state index is 0.857. The highest BCUT2D eigenvalue weighted by molar-refractivity contribution is 5.85. The molecule has 0 aromatic heterocycles. The molecule has 0 spiro atoms. The summed E-state index contributed by atoms with van der Waals surface area (Å²) in [5.74, 6) is 0.857. The molecule has 3 aromatic rings. The van der Waals surface area contributed by atoms with Gasteiger partial charge in [0.1, 0.15) is 5.75 Å². The van der Waals surface area contributed by atoms with Crippen molar-refractivity contribution in [3.8, 4) is 5.75 Å². The molecule has 3 aromatic carbocycles. The second-order valence-electron chi connectivity index (χ2n) is 6.85. The molecule has 1 aliphatic rings. The van der Waals surface area contributed by atoms with E-state index in [-0.39, 0.29) is 0 Å². The van der Waals surface area contributed by atoms with Gasteiger partial charge in [0.2, 0.25) is 0 Å². The SMILES string of the molecule is COc1ccccc1C=NN1CCN(Cc2cccc3ccccc23)CC1. The number of piperazine rings is 1. The maximum atomic E-state index is 5.39. The van der Waals surface area contributed by atoms with Crippen LogP contribution in [0.1, 0.15) is 11.1 Å². The molecule has 0 unspecified atom stereocenters. The monoisotopic (exact) mass is 359 g/mol. The number of hydrogen-bond donors (Lipinski definition) is 0. The van der Waals surface area contributed by atoms with Crippen LogP contribution >= 0.6 is 0 Å². The third-order valence-electron chi connectivity index (χ3n) is 5.12. The first-order valence-electron chi connectivity index (χ1n) is 9.44. The molecule has 1 fully saturated rings. The number of fused-ring (bicyclic) bond motifs is 1. The predicted molar refractivity (Wildman–Crippen MR) is 111 cm³/mol. The lowest BCUT2D eigenvalue weighted by atomic mass is 10.0. The van der Waals surface area contributed by atoms with Crippen molar-refractivity contribution < 1.29 is 4.74 Å². The van der Waals surface area contributed by atoms with E-state index in [1.807, 2.05) is 30.5 Å². The van der Waals surface area contributed by atoms with Crippen LogP contribution in [0, 0.1) is 0 Å². The van der Waals surface area contributed by atoms with Gasteiger partial charge in [-0.3, -0.25) is 9.91 Å². The molecule has 4 heteroatoms. The van der Waals surface area contributed by atoms with Crippen molar-refractivity contribution in [2.45, 2.75) is 6.54 Å². The minimum absolute atomic E-state index is 0.857. The number of hydrazone groups is 1. The zero-order chi connectivity index (χ0) is 18.5. The summed E-state index contributed by atoms with van der Waals surface area (Å²) in [7, 11) is 1.69. The van der Waals surface area contributed by atoms with Gasteiger partial charge in [0.25, 0.3) is 0 Å². The number of benzene rings is 3. The Kier molecular flexibility index (Phi) is 5.35. The average Bonchev–Trinajstić information content (AvgIpc) is 2.74. The largest absolute Gasteiger partial charge is 0.496 e. The lowest BCUT2D eigenvalue weighted by Gasteiger charge is -2.33. The normalized spacial score (nSPS) is 15.5. The summed E-state index contributed by atoms with van der Waals surface area (Å²) in [6, 6.07) is 23.2. The lowest BCUT2D eigenvalue weighted by Crippen LogP contribution is -2.43. The van der Waals surface area contributed by atoms with Crippen molar-refractivity contribution in [3.05, 3.63) is 77.9 Å². The zero-order valence-electron chi connectivity index (χ0n) is 15.7. The van der Waals surface area contributed by atoms with Crippen molar-refractivity contribution in [2.24, 2.45) is 5.10 Å². The fraction of sp³-hybridized carbons (Fsp3) is 0.261. The predicted octanol–water partition coefficient (Wildman–Crippen LogP) is 4.00. The summed E-state index contributed by atoms with van der Waals surface area (Å²) in [6.07, 6.45) is 1.90. The second-order valence-corrected chi connectivity index (χ2v) is 6.85. The van der Waals surface area contributed by atoms with Crippen LogP contribution in [0.25, 0.3) is 10.8 Å². The summed E-state index contributed by atoms with van der Waals surface area (Å²) in [6.45, 7) is 4.91. The van der Waals surface area contributed by atoms with Crippen LogP contribution in [0.5, 0.6) is 5.75 Å². The highest BCUT2D eigenvalue weighted by Gasteiger charge is 2.16. The van der Waals surface area contributed by atoms with Gasteiger partial charge in [0.05, 0.1) is 13.3 Å². The number of methoxy groups -OCH3 is 1. The quantitative estimate of drug-likeness (QED) is 0.645. The Labute approximate surface area is 160 Å². The van der Waals surface area contributed by atoms with Crippen LogP contribution < -0.4 is 4.74 Å². The first-order valence-corrected chi connectivity index (χ1v) is 9.44. The molecule has 0 amide bonds. The molecule has 138 valence electrons. The van der Waals surface area contributed by atoms with Gasteiger partial charge in [0, 0.05) is 38.3 Å². The van der Waals surface area contributed by atoms with Crippen molar-refractivity contribution >= 4 is 17.0 Å². The van der Waals surface area contributed by atoms with Gasteiger partial charge in [0.15, 0.2) is 0 Å². The van der Waals surface area contributed by atoms with Gasteiger partial charge >= 0.3 is 0 Å². The van der Waals surface area contributed by atoms with E-state index in [1.165, 1.54) is 16.3 Å². The van der Waals surface area contributed by atoms with Gasteiger partial charge in [-0.2, -0.15) is 5.10 Å². The van der Waals surface area contributed by atoms with E-state index in [0.717, 1.165) is 44.0 Å². The smallest absolute Gasteiger partial charge is 0.127 e. The molecule has 1 saturated heterocycles. The number of nitrogens with zero attached hydrogens (tertiary/aromatic N) is 3. The van der Waals surface area contributed by atoms with Crippen LogP contribution in [0.3, 0.4) is 0 Å². The first kappa shape index (κ1) is 17.6. The molecule has 0 atom stereocenters. The number of rotatable bonds is 5. The van der Waals surface area contributed by atoms with E-state index in [2.05, 4.69) is 57.5 Å². The van der Waals surface area contributed by atoms with Crippen LogP contribution in [0.15, 0.2) is 71.8 Å².